The van der Waals surface area contributed by atoms with Crippen LogP contribution in [0.1, 0.15) is 66.2 Å². The fourth-order valence-corrected chi connectivity index (χ4v) is 5.95. The van der Waals surface area contributed by atoms with Crippen molar-refractivity contribution in [3.63, 3.8) is 0 Å². The highest BCUT2D eigenvalue weighted by Crippen LogP contribution is 2.69. The van der Waals surface area contributed by atoms with Crippen LogP contribution in [0.25, 0.3) is 0 Å². The molecule has 18 heavy (non-hydrogen) atoms. The Balaban J connectivity index is 0.00000120. The van der Waals surface area contributed by atoms with Crippen LogP contribution in [0, 0.1) is 28.6 Å². The highest BCUT2D eigenvalue weighted by Gasteiger charge is 2.63. The van der Waals surface area contributed by atoms with Gasteiger partial charge in [-0.05, 0) is 67.1 Å². The van der Waals surface area contributed by atoms with E-state index in [4.69, 9.17) is 5.73 Å². The molecule has 0 amide bonds. The van der Waals surface area contributed by atoms with E-state index < -0.39 is 0 Å². The summed E-state index contributed by atoms with van der Waals surface area (Å²) in [6.45, 7) is 9.74. The predicted octanol–water partition coefficient (Wildman–Crippen LogP) is 4.39. The van der Waals surface area contributed by atoms with E-state index in [2.05, 4.69) is 27.7 Å². The molecule has 2 atom stereocenters. The summed E-state index contributed by atoms with van der Waals surface area (Å²) in [5, 5.41) is 0. The van der Waals surface area contributed by atoms with E-state index >= 15 is 0 Å². The lowest BCUT2D eigenvalue weighted by Gasteiger charge is -2.68. The van der Waals surface area contributed by atoms with Gasteiger partial charge >= 0.3 is 0 Å². The Kier molecular flexibility index (Phi) is 3.35. The van der Waals surface area contributed by atoms with Crippen LogP contribution < -0.4 is 5.73 Å². The molecule has 4 saturated carbocycles. The van der Waals surface area contributed by atoms with Crippen molar-refractivity contribution in [1.29, 1.82) is 0 Å². The van der Waals surface area contributed by atoms with Gasteiger partial charge in [-0.2, -0.15) is 0 Å². The van der Waals surface area contributed by atoms with E-state index in [0.717, 1.165) is 17.8 Å². The molecule has 4 fully saturated rings. The minimum Gasteiger partial charge on any atom is -0.325 e. The average Bonchev–Trinajstić information content (AvgIpc) is 2.12. The fourth-order valence-electron chi connectivity index (χ4n) is 5.95. The SMILES string of the molecule is CC(C)C12CC3CC(N)(C1)CC(C(C)C)(C3)C2.Cl. The zero-order valence-corrected chi connectivity index (χ0v) is 13.3. The predicted molar refractivity (Wildman–Crippen MR) is 79.9 cm³/mol. The zero-order valence-electron chi connectivity index (χ0n) is 12.5. The summed E-state index contributed by atoms with van der Waals surface area (Å²) in [5.41, 5.74) is 8.12. The molecule has 106 valence electrons. The fraction of sp³-hybridized carbons (Fsp3) is 1.00. The summed E-state index contributed by atoms with van der Waals surface area (Å²) in [4.78, 5) is 0. The number of hydrogen-bond acceptors (Lipinski definition) is 1. The molecule has 2 N–H and O–H groups in total. The Morgan fingerprint density at radius 2 is 1.28 bits per heavy atom. The summed E-state index contributed by atoms with van der Waals surface area (Å²) in [6, 6.07) is 0. The van der Waals surface area contributed by atoms with E-state index in [1.165, 1.54) is 38.5 Å². The minimum absolute atomic E-state index is 0. The Morgan fingerprint density at radius 3 is 1.61 bits per heavy atom. The third-order valence-electron chi connectivity index (χ3n) is 6.65. The van der Waals surface area contributed by atoms with Crippen molar-refractivity contribution >= 4 is 12.4 Å². The molecule has 0 aromatic heterocycles. The standard InChI is InChI=1S/C16H29N.ClH/c1-11(2)14-5-13-6-15(8-14,12(3)4)10-16(17,7-13)9-14;/h11-13H,5-10,17H2,1-4H3;1H. The molecular weight excluding hydrogens is 242 g/mol. The van der Waals surface area contributed by atoms with Crippen molar-refractivity contribution in [2.75, 3.05) is 0 Å². The van der Waals surface area contributed by atoms with Crippen LogP contribution in [-0.2, 0) is 0 Å². The molecule has 0 aromatic rings. The molecule has 0 aromatic carbocycles. The van der Waals surface area contributed by atoms with Crippen molar-refractivity contribution in [3.05, 3.63) is 0 Å². The van der Waals surface area contributed by atoms with Gasteiger partial charge in [0.25, 0.3) is 0 Å². The van der Waals surface area contributed by atoms with Gasteiger partial charge in [-0.1, -0.05) is 27.7 Å². The topological polar surface area (TPSA) is 26.0 Å². The molecule has 4 bridgehead atoms. The van der Waals surface area contributed by atoms with Gasteiger partial charge in [0.2, 0.25) is 0 Å². The molecule has 2 heteroatoms. The monoisotopic (exact) mass is 271 g/mol. The summed E-state index contributed by atoms with van der Waals surface area (Å²) in [6.07, 6.45) is 8.34. The summed E-state index contributed by atoms with van der Waals surface area (Å²) in [5.74, 6) is 2.56. The number of halogens is 1. The number of nitrogens with two attached hydrogens (primary N) is 1. The van der Waals surface area contributed by atoms with Crippen LogP contribution in [0.2, 0.25) is 0 Å². The summed E-state index contributed by atoms with van der Waals surface area (Å²) < 4.78 is 0. The van der Waals surface area contributed by atoms with Crippen molar-refractivity contribution in [2.24, 2.45) is 34.3 Å². The first-order valence-corrected chi connectivity index (χ1v) is 7.58. The minimum atomic E-state index is 0. The van der Waals surface area contributed by atoms with Crippen LogP contribution in [0.3, 0.4) is 0 Å². The average molecular weight is 272 g/mol. The largest absolute Gasteiger partial charge is 0.325 e. The van der Waals surface area contributed by atoms with E-state index in [-0.39, 0.29) is 17.9 Å². The second-order valence-corrected chi connectivity index (χ2v) is 8.41. The zero-order chi connectivity index (χ0) is 12.5. The smallest absolute Gasteiger partial charge is 0.0167 e. The molecule has 0 heterocycles. The van der Waals surface area contributed by atoms with Gasteiger partial charge in [0.05, 0.1) is 0 Å². The number of rotatable bonds is 2. The molecule has 1 nitrogen and oxygen atoms in total. The molecule has 0 saturated heterocycles. The highest BCUT2D eigenvalue weighted by molar-refractivity contribution is 5.85. The van der Waals surface area contributed by atoms with Crippen LogP contribution in [0.15, 0.2) is 0 Å². The van der Waals surface area contributed by atoms with Crippen LogP contribution in [0.4, 0.5) is 0 Å². The summed E-state index contributed by atoms with van der Waals surface area (Å²) >= 11 is 0. The van der Waals surface area contributed by atoms with Gasteiger partial charge in [-0.25, -0.2) is 0 Å². The molecule has 2 unspecified atom stereocenters. The van der Waals surface area contributed by atoms with Gasteiger partial charge in [-0.15, -0.1) is 12.4 Å². The Morgan fingerprint density at radius 1 is 0.833 bits per heavy atom. The Labute approximate surface area is 119 Å². The van der Waals surface area contributed by atoms with E-state index in [1.54, 1.807) is 0 Å². The lowest BCUT2D eigenvalue weighted by Crippen LogP contribution is -2.66. The third kappa shape index (κ3) is 1.85. The third-order valence-corrected chi connectivity index (χ3v) is 6.65. The van der Waals surface area contributed by atoms with Crippen molar-refractivity contribution in [2.45, 2.75) is 71.8 Å². The van der Waals surface area contributed by atoms with Gasteiger partial charge in [0, 0.05) is 5.54 Å². The van der Waals surface area contributed by atoms with Crippen molar-refractivity contribution < 1.29 is 0 Å². The first kappa shape index (κ1) is 14.7. The second-order valence-electron chi connectivity index (χ2n) is 8.41. The van der Waals surface area contributed by atoms with E-state index in [9.17, 15) is 0 Å². The van der Waals surface area contributed by atoms with Gasteiger partial charge in [-0.3, -0.25) is 0 Å². The molecule has 0 spiro atoms. The molecule has 4 aliphatic carbocycles. The first-order valence-electron chi connectivity index (χ1n) is 7.58. The van der Waals surface area contributed by atoms with Crippen molar-refractivity contribution in [3.8, 4) is 0 Å². The Bertz CT molecular complexity index is 312. The molecular formula is C16H30ClN. The number of hydrogen-bond donors (Lipinski definition) is 1. The maximum atomic E-state index is 6.77. The maximum Gasteiger partial charge on any atom is 0.0167 e. The van der Waals surface area contributed by atoms with E-state index in [1.807, 2.05) is 0 Å². The normalized spacial score (nSPS) is 49.8. The van der Waals surface area contributed by atoms with Crippen LogP contribution in [-0.4, -0.2) is 5.54 Å². The maximum absolute atomic E-state index is 6.77. The van der Waals surface area contributed by atoms with Crippen LogP contribution >= 0.6 is 12.4 Å². The van der Waals surface area contributed by atoms with Crippen molar-refractivity contribution in [1.82, 2.24) is 0 Å². The lowest BCUT2D eigenvalue weighted by molar-refractivity contribution is -0.158. The van der Waals surface area contributed by atoms with Gasteiger partial charge in [0.15, 0.2) is 0 Å². The lowest BCUT2D eigenvalue weighted by atomic mass is 9.38. The van der Waals surface area contributed by atoms with Gasteiger partial charge < -0.3 is 5.73 Å². The molecule has 4 aliphatic rings. The Hall–Kier alpha value is 0.250. The van der Waals surface area contributed by atoms with Gasteiger partial charge in [0.1, 0.15) is 0 Å². The molecule has 0 aliphatic heterocycles. The molecule has 0 radical (unpaired) electrons. The second kappa shape index (κ2) is 4.12. The molecule has 4 rings (SSSR count). The quantitative estimate of drug-likeness (QED) is 0.792. The van der Waals surface area contributed by atoms with Crippen LogP contribution in [0.5, 0.6) is 0 Å². The van der Waals surface area contributed by atoms with E-state index in [0.29, 0.717) is 10.8 Å². The summed E-state index contributed by atoms with van der Waals surface area (Å²) in [7, 11) is 0. The highest BCUT2D eigenvalue weighted by atomic mass is 35.5. The first-order chi connectivity index (χ1) is 7.79.